The Bertz CT molecular complexity index is 286. The second kappa shape index (κ2) is 4.40. The first-order valence-electron chi connectivity index (χ1n) is 4.11. The van der Waals surface area contributed by atoms with Crippen molar-refractivity contribution in [1.82, 2.24) is 0 Å². The second-order valence-electron chi connectivity index (χ2n) is 2.58. The molecule has 2 nitrogen and oxygen atoms in total. The number of nitrogens with one attached hydrogen (secondary N) is 1. The highest BCUT2D eigenvalue weighted by molar-refractivity contribution is 5.56. The lowest BCUT2D eigenvalue weighted by Crippen LogP contribution is -2.00. The van der Waals surface area contributed by atoms with Crippen molar-refractivity contribution in [3.8, 4) is 6.07 Å². The van der Waals surface area contributed by atoms with Crippen LogP contribution in [-0.4, -0.2) is 6.54 Å². The van der Waals surface area contributed by atoms with Gasteiger partial charge in [0.05, 0.1) is 11.3 Å². The van der Waals surface area contributed by atoms with E-state index in [0.29, 0.717) is 5.56 Å². The zero-order valence-electron chi connectivity index (χ0n) is 7.17. The van der Waals surface area contributed by atoms with Gasteiger partial charge in [0.25, 0.3) is 0 Å². The molecular formula is C10H12N2. The lowest BCUT2D eigenvalue weighted by Gasteiger charge is -2.05. The van der Waals surface area contributed by atoms with Crippen LogP contribution in [0.1, 0.15) is 18.9 Å². The highest BCUT2D eigenvalue weighted by Gasteiger charge is 1.96. The van der Waals surface area contributed by atoms with E-state index in [2.05, 4.69) is 18.3 Å². The van der Waals surface area contributed by atoms with Gasteiger partial charge in [-0.3, -0.25) is 0 Å². The maximum Gasteiger partial charge on any atom is 0.101 e. The summed E-state index contributed by atoms with van der Waals surface area (Å²) in [4.78, 5) is 0. The Morgan fingerprint density at radius 3 is 2.83 bits per heavy atom. The maximum absolute atomic E-state index is 8.73. The van der Waals surface area contributed by atoms with Gasteiger partial charge in [-0.2, -0.15) is 5.26 Å². The highest BCUT2D eigenvalue weighted by Crippen LogP contribution is 2.12. The van der Waals surface area contributed by atoms with Gasteiger partial charge in [0.1, 0.15) is 6.07 Å². The standard InChI is InChI=1S/C10H12N2/c1-2-7-12-10-6-4-3-5-9(10)8-11/h3-6,12H,2,7H2,1H3. The van der Waals surface area contributed by atoms with Crippen LogP contribution < -0.4 is 5.32 Å². The van der Waals surface area contributed by atoms with Crippen LogP contribution in [-0.2, 0) is 0 Å². The van der Waals surface area contributed by atoms with Gasteiger partial charge in [-0.15, -0.1) is 0 Å². The quantitative estimate of drug-likeness (QED) is 0.736. The van der Waals surface area contributed by atoms with E-state index in [1.165, 1.54) is 0 Å². The second-order valence-corrected chi connectivity index (χ2v) is 2.58. The van der Waals surface area contributed by atoms with E-state index in [-0.39, 0.29) is 0 Å². The molecular weight excluding hydrogens is 148 g/mol. The fourth-order valence-electron chi connectivity index (χ4n) is 0.994. The summed E-state index contributed by atoms with van der Waals surface area (Å²) >= 11 is 0. The van der Waals surface area contributed by atoms with Gasteiger partial charge >= 0.3 is 0 Å². The van der Waals surface area contributed by atoms with Crippen LogP contribution in [0.3, 0.4) is 0 Å². The molecule has 0 aliphatic heterocycles. The molecule has 0 saturated carbocycles. The summed E-state index contributed by atoms with van der Waals surface area (Å²) in [5, 5.41) is 11.9. The molecule has 0 bridgehead atoms. The minimum atomic E-state index is 0.714. The Labute approximate surface area is 72.8 Å². The van der Waals surface area contributed by atoms with Crippen molar-refractivity contribution in [1.29, 1.82) is 5.26 Å². The van der Waals surface area contributed by atoms with Crippen LogP contribution >= 0.6 is 0 Å². The van der Waals surface area contributed by atoms with E-state index in [1.807, 2.05) is 24.3 Å². The summed E-state index contributed by atoms with van der Waals surface area (Å²) in [7, 11) is 0. The smallest absolute Gasteiger partial charge is 0.101 e. The van der Waals surface area contributed by atoms with Crippen LogP contribution in [0.15, 0.2) is 24.3 Å². The predicted octanol–water partition coefficient (Wildman–Crippen LogP) is 2.38. The summed E-state index contributed by atoms with van der Waals surface area (Å²) < 4.78 is 0. The normalized spacial score (nSPS) is 9.00. The first kappa shape index (κ1) is 8.61. The fraction of sp³-hybridized carbons (Fsp3) is 0.300. The predicted molar refractivity (Wildman–Crippen MR) is 49.9 cm³/mol. The third-order valence-electron chi connectivity index (χ3n) is 1.61. The molecule has 62 valence electrons. The third-order valence-corrected chi connectivity index (χ3v) is 1.61. The molecule has 0 aromatic heterocycles. The molecule has 0 radical (unpaired) electrons. The van der Waals surface area contributed by atoms with Gasteiger partial charge in [0, 0.05) is 6.54 Å². The zero-order chi connectivity index (χ0) is 8.81. The van der Waals surface area contributed by atoms with Crippen molar-refractivity contribution in [2.45, 2.75) is 13.3 Å². The third kappa shape index (κ3) is 2.00. The lowest BCUT2D eigenvalue weighted by molar-refractivity contribution is 0.979. The van der Waals surface area contributed by atoms with Gasteiger partial charge in [0.2, 0.25) is 0 Å². The molecule has 0 unspecified atom stereocenters. The molecule has 1 aromatic rings. The van der Waals surface area contributed by atoms with Gasteiger partial charge in [-0.05, 0) is 18.6 Å². The Kier molecular flexibility index (Phi) is 3.16. The zero-order valence-corrected chi connectivity index (χ0v) is 7.17. The molecule has 0 saturated heterocycles. The van der Waals surface area contributed by atoms with Gasteiger partial charge in [-0.25, -0.2) is 0 Å². The van der Waals surface area contributed by atoms with E-state index in [0.717, 1.165) is 18.7 Å². The highest BCUT2D eigenvalue weighted by atomic mass is 14.9. The molecule has 1 aromatic carbocycles. The van der Waals surface area contributed by atoms with Gasteiger partial charge in [0.15, 0.2) is 0 Å². The largest absolute Gasteiger partial charge is 0.384 e. The van der Waals surface area contributed by atoms with Crippen LogP contribution in [0.2, 0.25) is 0 Å². The summed E-state index contributed by atoms with van der Waals surface area (Å²) in [6.45, 7) is 3.01. The van der Waals surface area contributed by atoms with E-state index in [1.54, 1.807) is 0 Å². The first-order valence-corrected chi connectivity index (χ1v) is 4.11. The number of nitrogens with zero attached hydrogens (tertiary/aromatic N) is 1. The monoisotopic (exact) mass is 160 g/mol. The van der Waals surface area contributed by atoms with Crippen LogP contribution in [0.4, 0.5) is 5.69 Å². The average molecular weight is 160 g/mol. The molecule has 0 spiro atoms. The minimum Gasteiger partial charge on any atom is -0.384 e. The number of hydrogen-bond acceptors (Lipinski definition) is 2. The van der Waals surface area contributed by atoms with Gasteiger partial charge < -0.3 is 5.32 Å². The molecule has 0 aliphatic carbocycles. The average Bonchev–Trinajstić information content (AvgIpc) is 2.15. The van der Waals surface area contributed by atoms with Crippen molar-refractivity contribution >= 4 is 5.69 Å². The van der Waals surface area contributed by atoms with E-state index < -0.39 is 0 Å². The maximum atomic E-state index is 8.73. The number of hydrogen-bond donors (Lipinski definition) is 1. The number of anilines is 1. The topological polar surface area (TPSA) is 35.8 Å². The molecule has 12 heavy (non-hydrogen) atoms. The lowest BCUT2D eigenvalue weighted by atomic mass is 10.2. The molecule has 0 fully saturated rings. The van der Waals surface area contributed by atoms with Crippen molar-refractivity contribution in [2.24, 2.45) is 0 Å². The minimum absolute atomic E-state index is 0.714. The van der Waals surface area contributed by atoms with E-state index in [4.69, 9.17) is 5.26 Å². The van der Waals surface area contributed by atoms with Crippen molar-refractivity contribution in [3.63, 3.8) is 0 Å². The molecule has 0 amide bonds. The fourth-order valence-corrected chi connectivity index (χ4v) is 0.994. The van der Waals surface area contributed by atoms with Crippen molar-refractivity contribution < 1.29 is 0 Å². The van der Waals surface area contributed by atoms with E-state index >= 15 is 0 Å². The summed E-state index contributed by atoms with van der Waals surface area (Å²) in [6.07, 6.45) is 1.07. The van der Waals surface area contributed by atoms with Crippen molar-refractivity contribution in [3.05, 3.63) is 29.8 Å². The Balaban J connectivity index is 2.77. The number of nitriles is 1. The molecule has 0 aliphatic rings. The number of benzene rings is 1. The van der Waals surface area contributed by atoms with Crippen molar-refractivity contribution in [2.75, 3.05) is 11.9 Å². The summed E-state index contributed by atoms with van der Waals surface area (Å²) in [5.41, 5.74) is 1.65. The van der Waals surface area contributed by atoms with E-state index in [9.17, 15) is 0 Å². The van der Waals surface area contributed by atoms with Crippen LogP contribution in [0.25, 0.3) is 0 Å². The first-order chi connectivity index (χ1) is 5.88. The number of para-hydroxylation sites is 1. The molecule has 0 atom stereocenters. The van der Waals surface area contributed by atoms with Crippen LogP contribution in [0.5, 0.6) is 0 Å². The molecule has 1 rings (SSSR count). The summed E-state index contributed by atoms with van der Waals surface area (Å²) in [5.74, 6) is 0. The molecule has 1 N–H and O–H groups in total. The SMILES string of the molecule is CCCNc1ccccc1C#N. The van der Waals surface area contributed by atoms with Gasteiger partial charge in [-0.1, -0.05) is 19.1 Å². The Morgan fingerprint density at radius 1 is 1.42 bits per heavy atom. The Morgan fingerprint density at radius 2 is 2.17 bits per heavy atom. The Hall–Kier alpha value is -1.49. The molecule has 2 heteroatoms. The summed E-state index contributed by atoms with van der Waals surface area (Å²) in [6, 6.07) is 9.68. The number of rotatable bonds is 3. The molecule has 0 heterocycles. The van der Waals surface area contributed by atoms with Crippen LogP contribution in [0, 0.1) is 11.3 Å².